The molecule has 1 rings (SSSR count). The Balaban J connectivity index is 2.49. The van der Waals surface area contributed by atoms with E-state index < -0.39 is 0 Å². The lowest BCUT2D eigenvalue weighted by atomic mass is 10.0. The smallest absolute Gasteiger partial charge is 0.223 e. The fourth-order valence-electron chi connectivity index (χ4n) is 1.93. The summed E-state index contributed by atoms with van der Waals surface area (Å²) in [6.07, 6.45) is 1.79. The zero-order valence-corrected chi connectivity index (χ0v) is 10.4. The highest BCUT2D eigenvalue weighted by atomic mass is 16.2. The largest absolute Gasteiger partial charge is 0.337 e. The van der Waals surface area contributed by atoms with Gasteiger partial charge in [0.1, 0.15) is 0 Å². The monoisotopic (exact) mass is 212 g/mol. The number of carbonyl (C=O) groups is 1. The van der Waals surface area contributed by atoms with Crippen molar-refractivity contribution in [1.82, 2.24) is 10.2 Å². The van der Waals surface area contributed by atoms with Crippen molar-refractivity contribution in [2.75, 3.05) is 13.1 Å². The Morgan fingerprint density at radius 1 is 1.53 bits per heavy atom. The van der Waals surface area contributed by atoms with Crippen LogP contribution < -0.4 is 5.32 Å². The Kier molecular flexibility index (Phi) is 4.58. The Morgan fingerprint density at radius 2 is 2.20 bits per heavy atom. The molecule has 3 nitrogen and oxygen atoms in total. The van der Waals surface area contributed by atoms with Crippen molar-refractivity contribution >= 4 is 5.91 Å². The van der Waals surface area contributed by atoms with Gasteiger partial charge in [0, 0.05) is 31.6 Å². The molecule has 0 aromatic heterocycles. The molecule has 1 heterocycles. The van der Waals surface area contributed by atoms with Crippen molar-refractivity contribution in [3.8, 4) is 0 Å². The van der Waals surface area contributed by atoms with Crippen LogP contribution in [-0.4, -0.2) is 36.0 Å². The van der Waals surface area contributed by atoms with Gasteiger partial charge in [-0.3, -0.25) is 4.79 Å². The van der Waals surface area contributed by atoms with Gasteiger partial charge in [0.05, 0.1) is 0 Å². The molecule has 0 aliphatic carbocycles. The molecule has 1 saturated heterocycles. The first-order valence-electron chi connectivity index (χ1n) is 6.07. The van der Waals surface area contributed by atoms with Crippen LogP contribution in [0.5, 0.6) is 0 Å². The predicted molar refractivity (Wildman–Crippen MR) is 62.7 cm³/mol. The molecule has 3 heteroatoms. The number of nitrogens with zero attached hydrogens (tertiary/aromatic N) is 1. The molecule has 0 saturated carbocycles. The highest BCUT2D eigenvalue weighted by molar-refractivity contribution is 5.77. The summed E-state index contributed by atoms with van der Waals surface area (Å²) in [5.41, 5.74) is 0. The molecule has 1 amide bonds. The third-order valence-electron chi connectivity index (χ3n) is 3.30. The lowest BCUT2D eigenvalue weighted by molar-refractivity contribution is -0.135. The van der Waals surface area contributed by atoms with E-state index in [0.29, 0.717) is 30.3 Å². The van der Waals surface area contributed by atoms with Crippen LogP contribution in [0, 0.1) is 5.92 Å². The summed E-state index contributed by atoms with van der Waals surface area (Å²) in [5, 5.41) is 3.39. The van der Waals surface area contributed by atoms with Gasteiger partial charge in [0.25, 0.3) is 0 Å². The summed E-state index contributed by atoms with van der Waals surface area (Å²) < 4.78 is 0. The molecule has 0 bridgehead atoms. The standard InChI is InChI=1S/C12H24N2O/c1-5-9(2)6-12(15)14-8-10(3)13-7-11(14)4/h9-11,13H,5-8H2,1-4H3. The summed E-state index contributed by atoms with van der Waals surface area (Å²) in [5.74, 6) is 0.833. The second-order valence-corrected chi connectivity index (χ2v) is 4.92. The van der Waals surface area contributed by atoms with Gasteiger partial charge < -0.3 is 10.2 Å². The van der Waals surface area contributed by atoms with Gasteiger partial charge in [-0.05, 0) is 19.8 Å². The molecule has 1 aliphatic heterocycles. The number of rotatable bonds is 3. The zero-order valence-electron chi connectivity index (χ0n) is 10.4. The summed E-state index contributed by atoms with van der Waals surface area (Å²) >= 11 is 0. The summed E-state index contributed by atoms with van der Waals surface area (Å²) in [4.78, 5) is 14.1. The van der Waals surface area contributed by atoms with Crippen molar-refractivity contribution in [2.24, 2.45) is 5.92 Å². The SMILES string of the molecule is CCC(C)CC(=O)N1CC(C)NCC1C. The van der Waals surface area contributed by atoms with Crippen molar-refractivity contribution in [3.63, 3.8) is 0 Å². The van der Waals surface area contributed by atoms with E-state index in [1.165, 1.54) is 0 Å². The highest BCUT2D eigenvalue weighted by Crippen LogP contribution is 2.13. The van der Waals surface area contributed by atoms with Gasteiger partial charge >= 0.3 is 0 Å². The minimum atomic E-state index is 0.324. The molecule has 88 valence electrons. The second-order valence-electron chi connectivity index (χ2n) is 4.92. The highest BCUT2D eigenvalue weighted by Gasteiger charge is 2.26. The van der Waals surface area contributed by atoms with E-state index >= 15 is 0 Å². The number of hydrogen-bond acceptors (Lipinski definition) is 2. The second kappa shape index (κ2) is 5.50. The van der Waals surface area contributed by atoms with Crippen LogP contribution in [0.4, 0.5) is 0 Å². The van der Waals surface area contributed by atoms with E-state index in [0.717, 1.165) is 19.5 Å². The van der Waals surface area contributed by atoms with Crippen LogP contribution in [0.2, 0.25) is 0 Å². The van der Waals surface area contributed by atoms with E-state index in [9.17, 15) is 4.79 Å². The lowest BCUT2D eigenvalue weighted by Gasteiger charge is -2.38. The summed E-state index contributed by atoms with van der Waals surface area (Å²) in [6, 6.07) is 0.778. The Morgan fingerprint density at radius 3 is 2.80 bits per heavy atom. The van der Waals surface area contributed by atoms with Crippen molar-refractivity contribution in [2.45, 2.75) is 52.6 Å². The molecule has 1 aliphatic rings. The van der Waals surface area contributed by atoms with Gasteiger partial charge in [-0.2, -0.15) is 0 Å². The fraction of sp³-hybridized carbons (Fsp3) is 0.917. The average molecular weight is 212 g/mol. The Bertz CT molecular complexity index is 218. The lowest BCUT2D eigenvalue weighted by Crippen LogP contribution is -2.56. The first-order valence-corrected chi connectivity index (χ1v) is 6.07. The van der Waals surface area contributed by atoms with E-state index in [4.69, 9.17) is 0 Å². The predicted octanol–water partition coefficient (Wildman–Crippen LogP) is 1.63. The first-order chi connectivity index (χ1) is 7.04. The summed E-state index contributed by atoms with van der Waals surface area (Å²) in [7, 11) is 0. The molecular weight excluding hydrogens is 188 g/mol. The van der Waals surface area contributed by atoms with Gasteiger partial charge in [-0.15, -0.1) is 0 Å². The van der Waals surface area contributed by atoms with Crippen molar-refractivity contribution in [1.29, 1.82) is 0 Å². The molecule has 0 aromatic rings. The molecule has 3 unspecified atom stereocenters. The summed E-state index contributed by atoms with van der Waals surface area (Å²) in [6.45, 7) is 10.3. The number of nitrogens with one attached hydrogen (secondary N) is 1. The molecule has 1 N–H and O–H groups in total. The maximum Gasteiger partial charge on any atom is 0.223 e. The third kappa shape index (κ3) is 3.49. The van der Waals surface area contributed by atoms with Gasteiger partial charge in [0.2, 0.25) is 5.91 Å². The quantitative estimate of drug-likeness (QED) is 0.771. The van der Waals surface area contributed by atoms with Gasteiger partial charge in [-0.25, -0.2) is 0 Å². The van der Waals surface area contributed by atoms with Crippen LogP contribution in [0.15, 0.2) is 0 Å². The van der Waals surface area contributed by atoms with Crippen LogP contribution in [0.25, 0.3) is 0 Å². The fourth-order valence-corrected chi connectivity index (χ4v) is 1.93. The van der Waals surface area contributed by atoms with Gasteiger partial charge in [-0.1, -0.05) is 20.3 Å². The van der Waals surface area contributed by atoms with Crippen molar-refractivity contribution in [3.05, 3.63) is 0 Å². The minimum Gasteiger partial charge on any atom is -0.337 e. The third-order valence-corrected chi connectivity index (χ3v) is 3.30. The van der Waals surface area contributed by atoms with Crippen LogP contribution >= 0.6 is 0 Å². The minimum absolute atomic E-state index is 0.324. The Hall–Kier alpha value is -0.570. The number of piperazine rings is 1. The zero-order chi connectivity index (χ0) is 11.4. The normalized spacial score (nSPS) is 28.9. The van der Waals surface area contributed by atoms with E-state index in [2.05, 4.69) is 33.0 Å². The number of hydrogen-bond donors (Lipinski definition) is 1. The average Bonchev–Trinajstić information content (AvgIpc) is 2.21. The van der Waals surface area contributed by atoms with E-state index in [1.807, 2.05) is 4.90 Å². The number of amides is 1. The van der Waals surface area contributed by atoms with Crippen LogP contribution in [0.1, 0.15) is 40.5 Å². The number of carbonyl (C=O) groups excluding carboxylic acids is 1. The molecule has 1 fully saturated rings. The molecule has 15 heavy (non-hydrogen) atoms. The van der Waals surface area contributed by atoms with Gasteiger partial charge in [0.15, 0.2) is 0 Å². The van der Waals surface area contributed by atoms with Crippen LogP contribution in [0.3, 0.4) is 0 Å². The molecule has 0 radical (unpaired) electrons. The Labute approximate surface area is 93.2 Å². The van der Waals surface area contributed by atoms with Crippen LogP contribution in [-0.2, 0) is 4.79 Å². The first kappa shape index (κ1) is 12.5. The molecule has 0 aromatic carbocycles. The van der Waals surface area contributed by atoms with Crippen molar-refractivity contribution < 1.29 is 4.79 Å². The maximum atomic E-state index is 12.0. The van der Waals surface area contributed by atoms with E-state index in [1.54, 1.807) is 0 Å². The molecular formula is C12H24N2O. The van der Waals surface area contributed by atoms with E-state index in [-0.39, 0.29) is 0 Å². The topological polar surface area (TPSA) is 32.3 Å². The maximum absolute atomic E-state index is 12.0. The molecule has 0 spiro atoms. The molecule has 3 atom stereocenters.